The highest BCUT2D eigenvalue weighted by atomic mass is 35.5. The van der Waals surface area contributed by atoms with E-state index in [0.717, 1.165) is 12.2 Å². The fourth-order valence-corrected chi connectivity index (χ4v) is 2.82. The van der Waals surface area contributed by atoms with Gasteiger partial charge in [0.2, 0.25) is 0 Å². The van der Waals surface area contributed by atoms with E-state index in [2.05, 4.69) is 15.6 Å². The Bertz CT molecular complexity index is 647. The molecule has 1 atom stereocenters. The maximum Gasteiger partial charge on any atom is 0.289 e. The van der Waals surface area contributed by atoms with Gasteiger partial charge in [-0.3, -0.25) is 10.1 Å². The van der Waals surface area contributed by atoms with E-state index in [0.29, 0.717) is 10.8 Å². The minimum Gasteiger partial charge on any atom is -0.331 e. The monoisotopic (exact) mass is 326 g/mol. The van der Waals surface area contributed by atoms with E-state index in [1.165, 1.54) is 23.5 Å². The smallest absolute Gasteiger partial charge is 0.289 e. The molecule has 0 fully saturated rings. The Hall–Kier alpha value is -1.70. The molecule has 1 unspecified atom stereocenters. The molecule has 8 heteroatoms. The summed E-state index contributed by atoms with van der Waals surface area (Å²) in [5.41, 5.74) is 1.40. The number of nitrogens with one attached hydrogen (secondary N) is 2. The number of hydrogen-bond acceptors (Lipinski definition) is 6. The number of nitrogens with zero attached hydrogens (tertiary/aromatic N) is 2. The number of rotatable bonds is 6. The maximum atomic E-state index is 10.9. The van der Waals surface area contributed by atoms with Gasteiger partial charge in [-0.15, -0.1) is 11.3 Å². The number of halogens is 1. The third kappa shape index (κ3) is 3.90. The second-order valence-electron chi connectivity index (χ2n) is 4.41. The van der Waals surface area contributed by atoms with Crippen LogP contribution in [0.2, 0.25) is 5.02 Å². The molecule has 112 valence electrons. The zero-order valence-electron chi connectivity index (χ0n) is 11.6. The Balaban J connectivity index is 2.15. The van der Waals surface area contributed by atoms with Crippen molar-refractivity contribution in [1.29, 1.82) is 0 Å². The highest BCUT2D eigenvalue weighted by Crippen LogP contribution is 2.30. The topological polar surface area (TPSA) is 80.1 Å². The summed E-state index contributed by atoms with van der Waals surface area (Å²) < 4.78 is 0. The van der Waals surface area contributed by atoms with Crippen molar-refractivity contribution in [2.45, 2.75) is 19.9 Å². The number of benzene rings is 1. The van der Waals surface area contributed by atoms with E-state index in [9.17, 15) is 10.1 Å². The van der Waals surface area contributed by atoms with Crippen LogP contribution in [-0.4, -0.2) is 16.5 Å². The van der Waals surface area contributed by atoms with E-state index >= 15 is 0 Å². The zero-order valence-corrected chi connectivity index (χ0v) is 13.2. The van der Waals surface area contributed by atoms with Crippen molar-refractivity contribution in [2.24, 2.45) is 0 Å². The molecule has 1 aromatic carbocycles. The first-order valence-corrected chi connectivity index (χ1v) is 7.66. The van der Waals surface area contributed by atoms with Gasteiger partial charge in [0.15, 0.2) is 5.13 Å². The van der Waals surface area contributed by atoms with E-state index in [4.69, 9.17) is 11.6 Å². The fraction of sp³-hybridized carbons (Fsp3) is 0.308. The molecule has 0 bridgehead atoms. The predicted molar refractivity (Wildman–Crippen MR) is 85.6 cm³/mol. The summed E-state index contributed by atoms with van der Waals surface area (Å²) in [5.74, 6) is 0. The number of thiazole rings is 1. The van der Waals surface area contributed by atoms with Crippen LogP contribution in [0.3, 0.4) is 0 Å². The van der Waals surface area contributed by atoms with Gasteiger partial charge in [-0.25, -0.2) is 4.98 Å². The minimum atomic E-state index is -0.506. The number of hydrogen-bond donors (Lipinski definition) is 2. The summed E-state index contributed by atoms with van der Waals surface area (Å²) in [5, 5.41) is 20.0. The maximum absolute atomic E-state index is 10.9. The molecule has 1 heterocycles. The largest absolute Gasteiger partial charge is 0.331 e. The standard InChI is InChI=1S/C13H15ClN4O2S/c1-3-15-8(2)11-7-21-13(17-11)16-9-4-5-10(14)12(6-9)18(19)20/h4-8,15H,3H2,1-2H3,(H,16,17). The summed E-state index contributed by atoms with van der Waals surface area (Å²) in [6.07, 6.45) is 0. The molecular weight excluding hydrogens is 312 g/mol. The molecule has 0 saturated carbocycles. The first-order chi connectivity index (χ1) is 10.0. The van der Waals surface area contributed by atoms with Gasteiger partial charge < -0.3 is 10.6 Å². The van der Waals surface area contributed by atoms with Crippen LogP contribution in [-0.2, 0) is 0 Å². The van der Waals surface area contributed by atoms with Crippen LogP contribution in [0.5, 0.6) is 0 Å². The van der Waals surface area contributed by atoms with Gasteiger partial charge in [0.25, 0.3) is 5.69 Å². The molecule has 2 N–H and O–H groups in total. The van der Waals surface area contributed by atoms with Crippen molar-refractivity contribution in [3.05, 3.63) is 44.4 Å². The lowest BCUT2D eigenvalue weighted by Gasteiger charge is -2.08. The van der Waals surface area contributed by atoms with E-state index < -0.39 is 4.92 Å². The van der Waals surface area contributed by atoms with Gasteiger partial charge in [-0.1, -0.05) is 18.5 Å². The molecule has 1 aromatic heterocycles. The van der Waals surface area contributed by atoms with Crippen molar-refractivity contribution in [3.8, 4) is 0 Å². The molecule has 0 aliphatic rings. The third-order valence-corrected chi connectivity index (χ3v) is 3.97. The molecule has 2 aromatic rings. The number of nitro benzene ring substituents is 1. The second-order valence-corrected chi connectivity index (χ2v) is 5.67. The van der Waals surface area contributed by atoms with Gasteiger partial charge in [0, 0.05) is 23.2 Å². The molecule has 6 nitrogen and oxygen atoms in total. The predicted octanol–water partition coefficient (Wildman–Crippen LogP) is 4.12. The SMILES string of the molecule is CCNC(C)c1csc(Nc2ccc(Cl)c([N+](=O)[O-])c2)n1. The fourth-order valence-electron chi connectivity index (χ4n) is 1.81. The van der Waals surface area contributed by atoms with Crippen LogP contribution in [0.25, 0.3) is 0 Å². The summed E-state index contributed by atoms with van der Waals surface area (Å²) in [7, 11) is 0. The van der Waals surface area contributed by atoms with Crippen LogP contribution >= 0.6 is 22.9 Å². The number of nitro groups is 1. The van der Waals surface area contributed by atoms with Crippen LogP contribution in [0.1, 0.15) is 25.6 Å². The molecule has 0 aliphatic heterocycles. The lowest BCUT2D eigenvalue weighted by Crippen LogP contribution is -2.17. The molecular formula is C13H15ClN4O2S. The van der Waals surface area contributed by atoms with Gasteiger partial charge in [0.1, 0.15) is 5.02 Å². The Kier molecular flexibility index (Phi) is 5.11. The zero-order chi connectivity index (χ0) is 15.4. The molecule has 0 aliphatic carbocycles. The van der Waals surface area contributed by atoms with Crippen LogP contribution in [0.15, 0.2) is 23.6 Å². The van der Waals surface area contributed by atoms with Gasteiger partial charge in [-0.2, -0.15) is 0 Å². The normalized spacial score (nSPS) is 12.1. The molecule has 2 rings (SSSR count). The van der Waals surface area contributed by atoms with Crippen LogP contribution in [0.4, 0.5) is 16.5 Å². The van der Waals surface area contributed by atoms with Crippen molar-refractivity contribution < 1.29 is 4.92 Å². The highest BCUT2D eigenvalue weighted by Gasteiger charge is 2.14. The van der Waals surface area contributed by atoms with Gasteiger partial charge >= 0.3 is 0 Å². The van der Waals surface area contributed by atoms with Crippen molar-refractivity contribution >= 4 is 39.4 Å². The van der Waals surface area contributed by atoms with Crippen LogP contribution in [0, 0.1) is 10.1 Å². The second kappa shape index (κ2) is 6.84. The van der Waals surface area contributed by atoms with Crippen molar-refractivity contribution in [3.63, 3.8) is 0 Å². The summed E-state index contributed by atoms with van der Waals surface area (Å²) in [6.45, 7) is 4.94. The van der Waals surface area contributed by atoms with Gasteiger partial charge in [0.05, 0.1) is 10.6 Å². The average Bonchev–Trinajstić information content (AvgIpc) is 2.89. The lowest BCUT2D eigenvalue weighted by molar-refractivity contribution is -0.384. The molecule has 0 amide bonds. The van der Waals surface area contributed by atoms with E-state index in [1.807, 2.05) is 19.2 Å². The molecule has 0 spiro atoms. The Morgan fingerprint density at radius 3 is 2.95 bits per heavy atom. The summed E-state index contributed by atoms with van der Waals surface area (Å²) in [6, 6.07) is 4.75. The summed E-state index contributed by atoms with van der Waals surface area (Å²) in [4.78, 5) is 14.8. The third-order valence-electron chi connectivity index (χ3n) is 2.87. The van der Waals surface area contributed by atoms with E-state index in [-0.39, 0.29) is 16.8 Å². The molecule has 0 radical (unpaired) electrons. The summed E-state index contributed by atoms with van der Waals surface area (Å²) >= 11 is 7.24. The Labute approximate surface area is 131 Å². The van der Waals surface area contributed by atoms with Gasteiger partial charge in [-0.05, 0) is 25.6 Å². The minimum absolute atomic E-state index is 0.117. The van der Waals surface area contributed by atoms with Crippen molar-refractivity contribution in [2.75, 3.05) is 11.9 Å². The quantitative estimate of drug-likeness (QED) is 0.616. The molecule has 0 saturated heterocycles. The highest BCUT2D eigenvalue weighted by molar-refractivity contribution is 7.13. The lowest BCUT2D eigenvalue weighted by atomic mass is 10.2. The average molecular weight is 327 g/mol. The Morgan fingerprint density at radius 1 is 1.52 bits per heavy atom. The molecule has 21 heavy (non-hydrogen) atoms. The first-order valence-electron chi connectivity index (χ1n) is 6.41. The first kappa shape index (κ1) is 15.7. The Morgan fingerprint density at radius 2 is 2.29 bits per heavy atom. The van der Waals surface area contributed by atoms with Crippen LogP contribution < -0.4 is 10.6 Å². The van der Waals surface area contributed by atoms with Crippen molar-refractivity contribution in [1.82, 2.24) is 10.3 Å². The number of anilines is 2. The number of aromatic nitrogens is 1. The van der Waals surface area contributed by atoms with E-state index in [1.54, 1.807) is 6.07 Å².